The van der Waals surface area contributed by atoms with Crippen LogP contribution < -0.4 is 11.1 Å². The summed E-state index contributed by atoms with van der Waals surface area (Å²) >= 11 is 3.26. The average Bonchev–Trinajstić information content (AvgIpc) is 2.41. The van der Waals surface area contributed by atoms with Crippen molar-refractivity contribution in [3.63, 3.8) is 0 Å². The lowest BCUT2D eigenvalue weighted by Gasteiger charge is -2.09. The van der Waals surface area contributed by atoms with Crippen molar-refractivity contribution < 1.29 is 9.72 Å². The predicted molar refractivity (Wildman–Crippen MR) is 82.1 cm³/mol. The molecule has 108 valence electrons. The number of carbonyl (C=O) groups excluding carboxylic acids is 1. The van der Waals surface area contributed by atoms with Crippen molar-refractivity contribution in [1.29, 1.82) is 0 Å². The van der Waals surface area contributed by atoms with E-state index in [-0.39, 0.29) is 22.8 Å². The van der Waals surface area contributed by atoms with Gasteiger partial charge in [0.1, 0.15) is 0 Å². The summed E-state index contributed by atoms with van der Waals surface area (Å²) in [6.07, 6.45) is 1.44. The molecule has 2 aromatic rings. The Kier molecular flexibility index (Phi) is 4.18. The predicted octanol–water partition coefficient (Wildman–Crippen LogP) is 2.90. The Morgan fingerprint density at radius 2 is 2.19 bits per heavy atom. The number of nitrogen functional groups attached to an aromatic ring is 1. The number of pyridine rings is 1. The molecule has 1 amide bonds. The molecule has 21 heavy (non-hydrogen) atoms. The second-order valence-electron chi connectivity index (χ2n) is 4.27. The standard InChI is InChI=1S/C13H11BrN4O3/c1-7-5-8(14)10(6-11(7)18(20)21)17-13(19)12-9(15)3-2-4-16-12/h2-6H,15H2,1H3,(H,17,19). The molecular formula is C13H11BrN4O3. The molecule has 0 aliphatic heterocycles. The van der Waals surface area contributed by atoms with Crippen LogP contribution in [0.15, 0.2) is 34.9 Å². The maximum Gasteiger partial charge on any atom is 0.276 e. The van der Waals surface area contributed by atoms with Crippen LogP contribution in [0.3, 0.4) is 0 Å². The molecule has 2 rings (SSSR count). The van der Waals surface area contributed by atoms with E-state index in [0.717, 1.165) is 0 Å². The first-order chi connectivity index (χ1) is 9.90. The zero-order chi connectivity index (χ0) is 15.6. The molecule has 0 unspecified atom stereocenters. The van der Waals surface area contributed by atoms with Crippen LogP contribution in [0, 0.1) is 17.0 Å². The zero-order valence-electron chi connectivity index (χ0n) is 11.0. The molecule has 0 radical (unpaired) electrons. The van der Waals surface area contributed by atoms with Crippen LogP contribution in [0.2, 0.25) is 0 Å². The summed E-state index contributed by atoms with van der Waals surface area (Å²) in [5.41, 5.74) is 6.65. The van der Waals surface area contributed by atoms with Crippen molar-refractivity contribution in [1.82, 2.24) is 4.98 Å². The van der Waals surface area contributed by atoms with Gasteiger partial charge in [0, 0.05) is 22.3 Å². The number of hydrogen-bond donors (Lipinski definition) is 2. The molecule has 0 saturated carbocycles. The van der Waals surface area contributed by atoms with E-state index in [9.17, 15) is 14.9 Å². The lowest BCUT2D eigenvalue weighted by Crippen LogP contribution is -2.16. The number of rotatable bonds is 3. The minimum atomic E-state index is -0.535. The molecule has 0 aliphatic carbocycles. The van der Waals surface area contributed by atoms with Crippen LogP contribution >= 0.6 is 15.9 Å². The molecule has 8 heteroatoms. The molecule has 0 saturated heterocycles. The van der Waals surface area contributed by atoms with E-state index in [1.807, 2.05) is 0 Å². The summed E-state index contributed by atoms with van der Waals surface area (Å²) in [5, 5.41) is 13.5. The van der Waals surface area contributed by atoms with Crippen LogP contribution in [-0.2, 0) is 0 Å². The number of anilines is 2. The van der Waals surface area contributed by atoms with Crippen molar-refractivity contribution in [2.24, 2.45) is 0 Å². The van der Waals surface area contributed by atoms with Crippen molar-refractivity contribution in [2.45, 2.75) is 6.92 Å². The second-order valence-corrected chi connectivity index (χ2v) is 5.13. The number of aromatic nitrogens is 1. The van der Waals surface area contributed by atoms with Gasteiger partial charge in [-0.2, -0.15) is 0 Å². The van der Waals surface area contributed by atoms with Gasteiger partial charge >= 0.3 is 0 Å². The molecule has 1 aromatic carbocycles. The van der Waals surface area contributed by atoms with E-state index >= 15 is 0 Å². The minimum absolute atomic E-state index is 0.0626. The number of nitro benzene ring substituents is 1. The first kappa shape index (κ1) is 14.9. The van der Waals surface area contributed by atoms with E-state index in [1.54, 1.807) is 25.1 Å². The van der Waals surface area contributed by atoms with Crippen LogP contribution in [0.5, 0.6) is 0 Å². The van der Waals surface area contributed by atoms with Gasteiger partial charge in [0.15, 0.2) is 5.69 Å². The number of nitrogens with two attached hydrogens (primary N) is 1. The average molecular weight is 351 g/mol. The lowest BCUT2D eigenvalue weighted by molar-refractivity contribution is -0.385. The van der Waals surface area contributed by atoms with E-state index < -0.39 is 10.8 Å². The van der Waals surface area contributed by atoms with Crippen molar-refractivity contribution in [2.75, 3.05) is 11.1 Å². The highest BCUT2D eigenvalue weighted by Crippen LogP contribution is 2.31. The third-order valence-electron chi connectivity index (χ3n) is 2.78. The number of aryl methyl sites for hydroxylation is 1. The van der Waals surface area contributed by atoms with Crippen LogP contribution in [-0.4, -0.2) is 15.8 Å². The maximum atomic E-state index is 12.1. The minimum Gasteiger partial charge on any atom is -0.397 e. The Labute approximate surface area is 128 Å². The van der Waals surface area contributed by atoms with Gasteiger partial charge in [0.2, 0.25) is 0 Å². The lowest BCUT2D eigenvalue weighted by atomic mass is 10.2. The Hall–Kier alpha value is -2.48. The zero-order valence-corrected chi connectivity index (χ0v) is 12.5. The van der Waals surface area contributed by atoms with Gasteiger partial charge in [0.05, 0.1) is 16.3 Å². The monoisotopic (exact) mass is 350 g/mol. The maximum absolute atomic E-state index is 12.1. The smallest absolute Gasteiger partial charge is 0.276 e. The largest absolute Gasteiger partial charge is 0.397 e. The Morgan fingerprint density at radius 1 is 1.48 bits per heavy atom. The number of nitrogens with zero attached hydrogens (tertiary/aromatic N) is 2. The quantitative estimate of drug-likeness (QED) is 0.652. The molecule has 0 spiro atoms. The van der Waals surface area contributed by atoms with Gasteiger partial charge in [-0.1, -0.05) is 0 Å². The van der Waals surface area contributed by atoms with Gasteiger partial charge in [-0.25, -0.2) is 4.98 Å². The van der Waals surface area contributed by atoms with Gasteiger partial charge in [-0.3, -0.25) is 14.9 Å². The van der Waals surface area contributed by atoms with E-state index in [1.165, 1.54) is 12.3 Å². The Morgan fingerprint density at radius 3 is 2.81 bits per heavy atom. The molecule has 0 bridgehead atoms. The summed E-state index contributed by atoms with van der Waals surface area (Å²) in [6, 6.07) is 6.01. The normalized spacial score (nSPS) is 10.2. The van der Waals surface area contributed by atoms with Crippen LogP contribution in [0.25, 0.3) is 0 Å². The molecule has 7 nitrogen and oxygen atoms in total. The highest BCUT2D eigenvalue weighted by atomic mass is 79.9. The molecule has 3 N–H and O–H groups in total. The fraction of sp³-hybridized carbons (Fsp3) is 0.0769. The highest BCUT2D eigenvalue weighted by Gasteiger charge is 2.17. The molecule has 0 aliphatic rings. The summed E-state index contributed by atoms with van der Waals surface area (Å²) in [4.78, 5) is 26.4. The summed E-state index contributed by atoms with van der Waals surface area (Å²) in [5.74, 6) is -0.535. The number of amides is 1. The molecule has 1 aromatic heterocycles. The van der Waals surface area contributed by atoms with E-state index in [0.29, 0.717) is 10.0 Å². The Bertz CT molecular complexity index is 733. The van der Waals surface area contributed by atoms with Gasteiger partial charge < -0.3 is 11.1 Å². The number of hydrogen-bond acceptors (Lipinski definition) is 5. The number of carbonyl (C=O) groups is 1. The first-order valence-corrected chi connectivity index (χ1v) is 6.66. The van der Waals surface area contributed by atoms with Gasteiger partial charge in [0.25, 0.3) is 11.6 Å². The number of halogens is 1. The summed E-state index contributed by atoms with van der Waals surface area (Å²) in [7, 11) is 0. The number of nitro groups is 1. The molecule has 0 fully saturated rings. The van der Waals surface area contributed by atoms with E-state index in [2.05, 4.69) is 26.2 Å². The molecular weight excluding hydrogens is 340 g/mol. The Balaban J connectivity index is 2.36. The van der Waals surface area contributed by atoms with Crippen molar-refractivity contribution in [3.8, 4) is 0 Å². The topological polar surface area (TPSA) is 111 Å². The van der Waals surface area contributed by atoms with Gasteiger partial charge in [-0.15, -0.1) is 0 Å². The third-order valence-corrected chi connectivity index (χ3v) is 3.44. The number of nitrogens with one attached hydrogen (secondary N) is 1. The van der Waals surface area contributed by atoms with E-state index in [4.69, 9.17) is 5.73 Å². The van der Waals surface area contributed by atoms with Gasteiger partial charge in [-0.05, 0) is 41.1 Å². The molecule has 0 atom stereocenters. The summed E-state index contributed by atoms with van der Waals surface area (Å²) < 4.78 is 0.536. The second kappa shape index (κ2) is 5.88. The first-order valence-electron chi connectivity index (χ1n) is 5.86. The fourth-order valence-electron chi connectivity index (χ4n) is 1.74. The van der Waals surface area contributed by atoms with Crippen LogP contribution in [0.4, 0.5) is 17.1 Å². The SMILES string of the molecule is Cc1cc(Br)c(NC(=O)c2ncccc2N)cc1[N+](=O)[O-]. The summed E-state index contributed by atoms with van der Waals surface area (Å²) in [6.45, 7) is 1.62. The highest BCUT2D eigenvalue weighted by molar-refractivity contribution is 9.10. The van der Waals surface area contributed by atoms with Crippen LogP contribution in [0.1, 0.15) is 16.1 Å². The van der Waals surface area contributed by atoms with Crippen molar-refractivity contribution in [3.05, 3.63) is 56.3 Å². The number of benzene rings is 1. The fourth-order valence-corrected chi connectivity index (χ4v) is 2.30. The van der Waals surface area contributed by atoms with Crippen molar-refractivity contribution >= 4 is 38.9 Å². The third kappa shape index (κ3) is 3.16. The molecule has 1 heterocycles.